The van der Waals surface area contributed by atoms with Gasteiger partial charge in [-0.2, -0.15) is 5.10 Å². The van der Waals surface area contributed by atoms with Gasteiger partial charge in [0.05, 0.1) is 11.9 Å². The summed E-state index contributed by atoms with van der Waals surface area (Å²) < 4.78 is 25.9. The van der Waals surface area contributed by atoms with Crippen molar-refractivity contribution in [3.63, 3.8) is 0 Å². The van der Waals surface area contributed by atoms with Crippen LogP contribution >= 0.6 is 0 Å². The predicted molar refractivity (Wildman–Crippen MR) is 96.2 cm³/mol. The Labute approximate surface area is 150 Å². The van der Waals surface area contributed by atoms with Crippen LogP contribution in [0, 0.1) is 0 Å². The first-order valence-corrected chi connectivity index (χ1v) is 8.32. The summed E-state index contributed by atoms with van der Waals surface area (Å²) in [6, 6.07) is 19.6. The predicted octanol–water partition coefficient (Wildman–Crippen LogP) is 4.31. The van der Waals surface area contributed by atoms with Gasteiger partial charge in [-0.1, -0.05) is 60.7 Å². The molecule has 0 bridgehead atoms. The largest absolute Gasteiger partial charge is 0.323 e. The molecule has 1 amide bonds. The van der Waals surface area contributed by atoms with E-state index in [0.29, 0.717) is 5.69 Å². The van der Waals surface area contributed by atoms with Crippen LogP contribution in [0.5, 0.6) is 0 Å². The Hall–Kier alpha value is -3.02. The number of halogens is 2. The third-order valence-corrected chi connectivity index (χ3v) is 4.04. The molecule has 3 aromatic rings. The van der Waals surface area contributed by atoms with E-state index in [9.17, 15) is 13.6 Å². The van der Waals surface area contributed by atoms with E-state index in [1.807, 2.05) is 60.7 Å². The first kappa shape index (κ1) is 17.8. The Morgan fingerprint density at radius 2 is 1.58 bits per heavy atom. The second kappa shape index (κ2) is 8.38. The lowest BCUT2D eigenvalue weighted by molar-refractivity contribution is -0.116. The lowest BCUT2D eigenvalue weighted by Crippen LogP contribution is -2.16. The van der Waals surface area contributed by atoms with Gasteiger partial charge < -0.3 is 5.32 Å². The molecule has 1 aromatic heterocycles. The summed E-state index contributed by atoms with van der Waals surface area (Å²) in [6.45, 7) is -0.494. The van der Waals surface area contributed by atoms with Gasteiger partial charge >= 0.3 is 0 Å². The fourth-order valence-corrected chi connectivity index (χ4v) is 2.87. The first-order chi connectivity index (χ1) is 12.6. The Balaban J connectivity index is 1.72. The zero-order valence-corrected chi connectivity index (χ0v) is 14.1. The maximum Gasteiger partial charge on any atom is 0.257 e. The number of nitrogens with one attached hydrogen (secondary N) is 1. The highest BCUT2D eigenvalue weighted by Crippen LogP contribution is 2.28. The normalized spacial score (nSPS) is 11.1. The van der Waals surface area contributed by atoms with Crippen molar-refractivity contribution in [2.75, 3.05) is 5.32 Å². The van der Waals surface area contributed by atoms with E-state index in [1.165, 1.54) is 12.4 Å². The molecule has 0 unspecified atom stereocenters. The van der Waals surface area contributed by atoms with E-state index >= 15 is 0 Å². The maximum atomic E-state index is 12.5. The molecule has 0 radical (unpaired) electrons. The summed E-state index contributed by atoms with van der Waals surface area (Å²) in [5, 5.41) is 6.57. The number of rotatable bonds is 7. The molecule has 0 saturated carbocycles. The van der Waals surface area contributed by atoms with Crippen LogP contribution in [0.3, 0.4) is 0 Å². The average molecular weight is 355 g/mol. The Kier molecular flexibility index (Phi) is 5.73. The van der Waals surface area contributed by atoms with Crippen molar-refractivity contribution in [1.82, 2.24) is 9.78 Å². The third kappa shape index (κ3) is 4.75. The number of hydrogen-bond donors (Lipinski definition) is 1. The fourth-order valence-electron chi connectivity index (χ4n) is 2.87. The number of hydrogen-bond acceptors (Lipinski definition) is 2. The van der Waals surface area contributed by atoms with Gasteiger partial charge in [0.1, 0.15) is 6.54 Å². The van der Waals surface area contributed by atoms with Crippen LogP contribution in [0.1, 0.15) is 23.5 Å². The number of alkyl halides is 2. The molecule has 1 N–H and O–H groups in total. The standard InChI is InChI=1S/C20H19F2N3O/c21-19(22)14-25-13-17(12-23-25)24-20(26)11-18(15-7-3-1-4-8-15)16-9-5-2-6-10-16/h1-10,12-13,18-19H,11,14H2,(H,24,26). The summed E-state index contributed by atoms with van der Waals surface area (Å²) >= 11 is 0. The second-order valence-corrected chi connectivity index (χ2v) is 5.97. The molecular weight excluding hydrogens is 336 g/mol. The smallest absolute Gasteiger partial charge is 0.257 e. The molecular formula is C20H19F2N3O. The van der Waals surface area contributed by atoms with Gasteiger partial charge in [-0.05, 0) is 11.1 Å². The van der Waals surface area contributed by atoms with Crippen LogP contribution in [0.2, 0.25) is 0 Å². The third-order valence-electron chi connectivity index (χ3n) is 4.04. The number of carbonyl (C=O) groups is 1. The summed E-state index contributed by atoms with van der Waals surface area (Å²) in [5.41, 5.74) is 2.50. The number of aromatic nitrogens is 2. The van der Waals surface area contributed by atoms with Crippen molar-refractivity contribution in [1.29, 1.82) is 0 Å². The summed E-state index contributed by atoms with van der Waals surface area (Å²) in [5.74, 6) is -0.284. The molecule has 26 heavy (non-hydrogen) atoms. The van der Waals surface area contributed by atoms with Crippen molar-refractivity contribution in [2.24, 2.45) is 0 Å². The first-order valence-electron chi connectivity index (χ1n) is 8.32. The molecule has 0 aliphatic heterocycles. The molecule has 1 heterocycles. The highest BCUT2D eigenvalue weighted by molar-refractivity contribution is 5.91. The van der Waals surface area contributed by atoms with Gasteiger partial charge in [0.2, 0.25) is 5.91 Å². The summed E-state index contributed by atoms with van der Waals surface area (Å²) in [4.78, 5) is 12.5. The number of amides is 1. The van der Waals surface area contributed by atoms with Crippen LogP contribution in [-0.2, 0) is 11.3 Å². The van der Waals surface area contributed by atoms with Crippen molar-refractivity contribution < 1.29 is 13.6 Å². The fraction of sp³-hybridized carbons (Fsp3) is 0.200. The van der Waals surface area contributed by atoms with Gasteiger partial charge in [0, 0.05) is 18.5 Å². The minimum Gasteiger partial charge on any atom is -0.323 e. The monoisotopic (exact) mass is 355 g/mol. The number of anilines is 1. The second-order valence-electron chi connectivity index (χ2n) is 5.97. The van der Waals surface area contributed by atoms with Gasteiger partial charge in [0.25, 0.3) is 6.43 Å². The van der Waals surface area contributed by atoms with Gasteiger partial charge in [-0.25, -0.2) is 8.78 Å². The molecule has 3 rings (SSSR count). The molecule has 0 saturated heterocycles. The highest BCUT2D eigenvalue weighted by atomic mass is 19.3. The topological polar surface area (TPSA) is 46.9 Å². The molecule has 0 atom stereocenters. The van der Waals surface area contributed by atoms with E-state index in [-0.39, 0.29) is 18.2 Å². The van der Waals surface area contributed by atoms with Crippen molar-refractivity contribution in [3.8, 4) is 0 Å². The maximum absolute atomic E-state index is 12.5. The van der Waals surface area contributed by atoms with Gasteiger partial charge in [-0.15, -0.1) is 0 Å². The molecule has 134 valence electrons. The van der Waals surface area contributed by atoms with Gasteiger partial charge in [0.15, 0.2) is 0 Å². The Morgan fingerprint density at radius 1 is 1.00 bits per heavy atom. The van der Waals surface area contributed by atoms with Crippen LogP contribution in [0.15, 0.2) is 73.1 Å². The summed E-state index contributed by atoms with van der Waals surface area (Å²) in [6.07, 6.45) is 0.539. The molecule has 4 nitrogen and oxygen atoms in total. The van der Waals surface area contributed by atoms with Crippen LogP contribution in [0.4, 0.5) is 14.5 Å². The lowest BCUT2D eigenvalue weighted by atomic mass is 9.88. The minimum absolute atomic E-state index is 0.0893. The molecule has 2 aromatic carbocycles. The van der Waals surface area contributed by atoms with Crippen molar-refractivity contribution >= 4 is 11.6 Å². The van der Waals surface area contributed by atoms with Crippen LogP contribution in [0.25, 0.3) is 0 Å². The SMILES string of the molecule is O=C(CC(c1ccccc1)c1ccccc1)Nc1cnn(CC(F)F)c1. The zero-order chi connectivity index (χ0) is 18.4. The molecule has 0 aliphatic rings. The van der Waals surface area contributed by atoms with E-state index in [4.69, 9.17) is 0 Å². The number of carbonyl (C=O) groups excluding carboxylic acids is 1. The highest BCUT2D eigenvalue weighted by Gasteiger charge is 2.18. The molecule has 0 fully saturated rings. The van der Waals surface area contributed by atoms with Crippen molar-refractivity contribution in [2.45, 2.75) is 25.3 Å². The minimum atomic E-state index is -2.49. The zero-order valence-electron chi connectivity index (χ0n) is 14.1. The van der Waals surface area contributed by atoms with Crippen molar-refractivity contribution in [3.05, 3.63) is 84.2 Å². The lowest BCUT2D eigenvalue weighted by Gasteiger charge is -2.17. The Morgan fingerprint density at radius 3 is 2.12 bits per heavy atom. The van der Waals surface area contributed by atoms with E-state index < -0.39 is 13.0 Å². The van der Waals surface area contributed by atoms with Gasteiger partial charge in [-0.3, -0.25) is 9.48 Å². The summed E-state index contributed by atoms with van der Waals surface area (Å²) in [7, 11) is 0. The average Bonchev–Trinajstić information content (AvgIpc) is 3.07. The van der Waals surface area contributed by atoms with Crippen LogP contribution < -0.4 is 5.32 Å². The molecule has 0 aliphatic carbocycles. The number of benzene rings is 2. The van der Waals surface area contributed by atoms with E-state index in [1.54, 1.807) is 0 Å². The Bertz CT molecular complexity index is 795. The van der Waals surface area contributed by atoms with E-state index in [0.717, 1.165) is 15.8 Å². The van der Waals surface area contributed by atoms with Crippen LogP contribution in [-0.4, -0.2) is 22.1 Å². The quantitative estimate of drug-likeness (QED) is 0.686. The molecule has 0 spiro atoms. The van der Waals surface area contributed by atoms with E-state index in [2.05, 4.69) is 10.4 Å². The molecule has 6 heteroatoms. The number of nitrogens with zero attached hydrogens (tertiary/aromatic N) is 2.